The summed E-state index contributed by atoms with van der Waals surface area (Å²) in [5.41, 5.74) is 3.52. The topological polar surface area (TPSA) is 55.6 Å². The number of aromatic nitrogens is 4. The second-order valence-electron chi connectivity index (χ2n) is 5.48. The van der Waals surface area contributed by atoms with Crippen molar-refractivity contribution in [2.75, 3.05) is 13.1 Å². The van der Waals surface area contributed by atoms with Crippen LogP contribution in [0.3, 0.4) is 0 Å². The van der Waals surface area contributed by atoms with Crippen LogP contribution in [0.5, 0.6) is 0 Å². The molecule has 5 nitrogen and oxygen atoms in total. The molecule has 0 aromatic carbocycles. The molecule has 1 unspecified atom stereocenters. The highest BCUT2D eigenvalue weighted by molar-refractivity contribution is 5.52. The van der Waals surface area contributed by atoms with E-state index in [-0.39, 0.29) is 0 Å². The van der Waals surface area contributed by atoms with E-state index < -0.39 is 0 Å². The molecule has 2 heterocycles. The normalized spacial score (nSPS) is 18.0. The van der Waals surface area contributed by atoms with Gasteiger partial charge in [-0.05, 0) is 43.8 Å². The molecular weight excluding hydrogens is 250 g/mol. The summed E-state index contributed by atoms with van der Waals surface area (Å²) in [6.45, 7) is 4.29. The maximum atomic E-state index is 4.73. The molecule has 0 saturated heterocycles. The van der Waals surface area contributed by atoms with Crippen molar-refractivity contribution in [2.45, 2.75) is 26.2 Å². The number of rotatable bonds is 4. The van der Waals surface area contributed by atoms with Crippen molar-refractivity contribution in [3.63, 3.8) is 0 Å². The van der Waals surface area contributed by atoms with Crippen molar-refractivity contribution in [3.05, 3.63) is 29.8 Å². The molecule has 0 aliphatic heterocycles. The van der Waals surface area contributed by atoms with Gasteiger partial charge in [-0.1, -0.05) is 6.92 Å². The summed E-state index contributed by atoms with van der Waals surface area (Å²) in [5, 5.41) is 7.62. The zero-order valence-electron chi connectivity index (χ0n) is 12.1. The van der Waals surface area contributed by atoms with Crippen LogP contribution in [0.15, 0.2) is 18.6 Å². The number of aryl methyl sites for hydroxylation is 2. The molecule has 0 fully saturated rings. The van der Waals surface area contributed by atoms with Crippen LogP contribution in [0.4, 0.5) is 0 Å². The molecule has 0 radical (unpaired) electrons. The van der Waals surface area contributed by atoms with Crippen LogP contribution in [0.25, 0.3) is 11.4 Å². The van der Waals surface area contributed by atoms with E-state index in [0.717, 1.165) is 43.2 Å². The summed E-state index contributed by atoms with van der Waals surface area (Å²) in [6.07, 6.45) is 9.14. The Bertz CT molecular complexity index is 590. The first-order chi connectivity index (χ1) is 9.76. The van der Waals surface area contributed by atoms with E-state index in [1.807, 2.05) is 25.6 Å². The van der Waals surface area contributed by atoms with Gasteiger partial charge in [0.25, 0.3) is 0 Å². The molecule has 20 heavy (non-hydrogen) atoms. The number of fused-ring (bicyclic) bond motifs is 1. The SMILES string of the molecule is CCNCC1CCc2nc(-c3cnn(C)c3)ncc2C1. The second kappa shape index (κ2) is 5.71. The molecule has 1 atom stereocenters. The van der Waals surface area contributed by atoms with Gasteiger partial charge in [0.15, 0.2) is 5.82 Å². The first kappa shape index (κ1) is 13.2. The molecule has 0 saturated carbocycles. The summed E-state index contributed by atoms with van der Waals surface area (Å²) in [6, 6.07) is 0. The van der Waals surface area contributed by atoms with E-state index in [9.17, 15) is 0 Å². The first-order valence-corrected chi connectivity index (χ1v) is 7.30. The minimum Gasteiger partial charge on any atom is -0.317 e. The average Bonchev–Trinajstić information content (AvgIpc) is 2.91. The summed E-state index contributed by atoms with van der Waals surface area (Å²) in [5.74, 6) is 1.51. The Hall–Kier alpha value is -1.75. The lowest BCUT2D eigenvalue weighted by Crippen LogP contribution is -2.27. The van der Waals surface area contributed by atoms with Crippen molar-refractivity contribution >= 4 is 0 Å². The van der Waals surface area contributed by atoms with E-state index >= 15 is 0 Å². The average molecular weight is 271 g/mol. The Kier molecular flexibility index (Phi) is 3.78. The van der Waals surface area contributed by atoms with Crippen LogP contribution in [0.2, 0.25) is 0 Å². The van der Waals surface area contributed by atoms with Crippen LogP contribution in [0, 0.1) is 5.92 Å². The van der Waals surface area contributed by atoms with Crippen LogP contribution in [-0.4, -0.2) is 32.8 Å². The van der Waals surface area contributed by atoms with Gasteiger partial charge in [0.1, 0.15) is 0 Å². The number of nitrogens with one attached hydrogen (secondary N) is 1. The Labute approximate surface area is 119 Å². The van der Waals surface area contributed by atoms with Crippen LogP contribution >= 0.6 is 0 Å². The summed E-state index contributed by atoms with van der Waals surface area (Å²) >= 11 is 0. The molecule has 0 amide bonds. The highest BCUT2D eigenvalue weighted by Crippen LogP contribution is 2.25. The minimum absolute atomic E-state index is 0.718. The number of nitrogens with zero attached hydrogens (tertiary/aromatic N) is 4. The molecule has 0 bridgehead atoms. The molecule has 106 valence electrons. The number of hydrogen-bond acceptors (Lipinski definition) is 4. The Morgan fingerprint density at radius 1 is 1.40 bits per heavy atom. The number of hydrogen-bond donors (Lipinski definition) is 1. The Balaban J connectivity index is 1.78. The third kappa shape index (κ3) is 2.72. The van der Waals surface area contributed by atoms with Gasteiger partial charge >= 0.3 is 0 Å². The standard InChI is InChI=1S/C15H21N5/c1-3-16-7-11-4-5-14-12(6-11)8-17-15(19-14)13-9-18-20(2)10-13/h8-11,16H,3-7H2,1-2H3. The van der Waals surface area contributed by atoms with Crippen LogP contribution < -0.4 is 5.32 Å². The van der Waals surface area contributed by atoms with Gasteiger partial charge in [-0.15, -0.1) is 0 Å². The van der Waals surface area contributed by atoms with Gasteiger partial charge in [-0.3, -0.25) is 4.68 Å². The molecule has 3 rings (SSSR count). The van der Waals surface area contributed by atoms with Crippen LogP contribution in [-0.2, 0) is 19.9 Å². The van der Waals surface area contributed by atoms with Gasteiger partial charge < -0.3 is 5.32 Å². The van der Waals surface area contributed by atoms with Gasteiger partial charge in [0.2, 0.25) is 0 Å². The van der Waals surface area contributed by atoms with E-state index in [1.165, 1.54) is 17.7 Å². The Morgan fingerprint density at radius 2 is 2.30 bits per heavy atom. The third-order valence-electron chi connectivity index (χ3n) is 3.90. The fourth-order valence-electron chi connectivity index (χ4n) is 2.78. The van der Waals surface area contributed by atoms with Gasteiger partial charge in [0.05, 0.1) is 11.8 Å². The predicted molar refractivity (Wildman–Crippen MR) is 78.3 cm³/mol. The first-order valence-electron chi connectivity index (χ1n) is 7.30. The lowest BCUT2D eigenvalue weighted by atomic mass is 9.87. The zero-order valence-corrected chi connectivity index (χ0v) is 12.1. The van der Waals surface area contributed by atoms with Crippen LogP contribution in [0.1, 0.15) is 24.6 Å². The maximum Gasteiger partial charge on any atom is 0.162 e. The van der Waals surface area contributed by atoms with E-state index in [4.69, 9.17) is 4.98 Å². The Morgan fingerprint density at radius 3 is 3.05 bits per heavy atom. The molecule has 0 spiro atoms. The van der Waals surface area contributed by atoms with Crippen molar-refractivity contribution in [1.82, 2.24) is 25.1 Å². The second-order valence-corrected chi connectivity index (χ2v) is 5.48. The highest BCUT2D eigenvalue weighted by atomic mass is 15.2. The molecule has 1 aliphatic carbocycles. The lowest BCUT2D eigenvalue weighted by Gasteiger charge is -2.23. The predicted octanol–water partition coefficient (Wildman–Crippen LogP) is 1.59. The molecule has 1 aliphatic rings. The third-order valence-corrected chi connectivity index (χ3v) is 3.90. The van der Waals surface area contributed by atoms with Crippen molar-refractivity contribution < 1.29 is 0 Å². The lowest BCUT2D eigenvalue weighted by molar-refractivity contribution is 0.425. The highest BCUT2D eigenvalue weighted by Gasteiger charge is 2.20. The molecule has 1 N–H and O–H groups in total. The van der Waals surface area contributed by atoms with Crippen molar-refractivity contribution in [3.8, 4) is 11.4 Å². The van der Waals surface area contributed by atoms with Gasteiger partial charge in [0, 0.05) is 25.1 Å². The molecular formula is C15H21N5. The minimum atomic E-state index is 0.718. The van der Waals surface area contributed by atoms with Gasteiger partial charge in [-0.2, -0.15) is 5.10 Å². The summed E-state index contributed by atoms with van der Waals surface area (Å²) in [7, 11) is 1.91. The van der Waals surface area contributed by atoms with E-state index in [2.05, 4.69) is 22.3 Å². The fourth-order valence-corrected chi connectivity index (χ4v) is 2.78. The molecule has 2 aromatic heterocycles. The quantitative estimate of drug-likeness (QED) is 0.917. The summed E-state index contributed by atoms with van der Waals surface area (Å²) < 4.78 is 1.78. The van der Waals surface area contributed by atoms with Gasteiger partial charge in [-0.25, -0.2) is 9.97 Å². The van der Waals surface area contributed by atoms with Crippen molar-refractivity contribution in [1.29, 1.82) is 0 Å². The largest absolute Gasteiger partial charge is 0.317 e. The maximum absolute atomic E-state index is 4.73. The zero-order chi connectivity index (χ0) is 13.9. The van der Waals surface area contributed by atoms with Crippen molar-refractivity contribution in [2.24, 2.45) is 13.0 Å². The fraction of sp³-hybridized carbons (Fsp3) is 0.533. The molecule has 5 heteroatoms. The monoisotopic (exact) mass is 271 g/mol. The smallest absolute Gasteiger partial charge is 0.162 e. The van der Waals surface area contributed by atoms with E-state index in [1.54, 1.807) is 4.68 Å². The molecule has 2 aromatic rings. The summed E-state index contributed by atoms with van der Waals surface area (Å²) in [4.78, 5) is 9.23. The van der Waals surface area contributed by atoms with E-state index in [0.29, 0.717) is 0 Å².